The number of nitrogens with zero attached hydrogens (tertiary/aromatic N) is 1. The zero-order chi connectivity index (χ0) is 23.9. The number of halogens is 3. The fourth-order valence-electron chi connectivity index (χ4n) is 4.54. The molecule has 1 aliphatic heterocycles. The number of methoxy groups -OCH3 is 1. The van der Waals surface area contributed by atoms with Gasteiger partial charge in [0.1, 0.15) is 34.7 Å². The summed E-state index contributed by atoms with van der Waals surface area (Å²) in [6.45, 7) is 4.78. The molecule has 0 spiro atoms. The van der Waals surface area contributed by atoms with Gasteiger partial charge in [-0.15, -0.1) is 0 Å². The minimum absolute atomic E-state index is 0.0296. The Kier molecular flexibility index (Phi) is 6.10. The molecule has 0 fully saturated rings. The zero-order valence-corrected chi connectivity index (χ0v) is 19.0. The summed E-state index contributed by atoms with van der Waals surface area (Å²) in [6, 6.07) is 8.63. The van der Waals surface area contributed by atoms with Gasteiger partial charge < -0.3 is 9.15 Å². The van der Waals surface area contributed by atoms with Crippen LogP contribution in [0.25, 0.3) is 17.0 Å². The van der Waals surface area contributed by atoms with E-state index < -0.39 is 29.3 Å². The first kappa shape index (κ1) is 23.1. The number of hydrogen-bond acceptors (Lipinski definition) is 4. The summed E-state index contributed by atoms with van der Waals surface area (Å²) in [5.74, 6) is -1.81. The number of alkyl halides is 1. The van der Waals surface area contributed by atoms with E-state index in [4.69, 9.17) is 4.42 Å². The maximum Gasteiger partial charge on any atom is 0.330 e. The topological polar surface area (TPSA) is 42.7 Å². The predicted molar refractivity (Wildman–Crippen MR) is 121 cm³/mol. The first-order valence-corrected chi connectivity index (χ1v) is 10.8. The van der Waals surface area contributed by atoms with Crippen molar-refractivity contribution in [1.82, 2.24) is 4.90 Å². The van der Waals surface area contributed by atoms with E-state index in [1.54, 1.807) is 4.90 Å². The van der Waals surface area contributed by atoms with E-state index in [0.29, 0.717) is 17.8 Å². The van der Waals surface area contributed by atoms with Crippen LogP contribution >= 0.6 is 0 Å². The molecule has 0 radical (unpaired) electrons. The third-order valence-electron chi connectivity index (χ3n) is 5.92. The lowest BCUT2D eigenvalue weighted by molar-refractivity contribution is -0.134. The quantitative estimate of drug-likeness (QED) is 0.349. The maximum absolute atomic E-state index is 15.4. The van der Waals surface area contributed by atoms with Gasteiger partial charge in [-0.3, -0.25) is 4.90 Å². The second kappa shape index (κ2) is 8.71. The molecule has 2 heterocycles. The van der Waals surface area contributed by atoms with Crippen molar-refractivity contribution >= 4 is 23.0 Å². The Morgan fingerprint density at radius 2 is 1.91 bits per heavy atom. The molecule has 4 rings (SSSR count). The molecule has 0 unspecified atom stereocenters. The van der Waals surface area contributed by atoms with Crippen molar-refractivity contribution < 1.29 is 27.1 Å². The van der Waals surface area contributed by atoms with Crippen molar-refractivity contribution in [3.8, 4) is 0 Å². The number of benzene rings is 2. The monoisotopic (exact) mass is 457 g/mol. The largest absolute Gasteiger partial charge is 0.466 e. The van der Waals surface area contributed by atoms with Gasteiger partial charge in [-0.1, -0.05) is 18.2 Å². The van der Waals surface area contributed by atoms with Crippen LogP contribution in [0, 0.1) is 11.6 Å². The highest BCUT2D eigenvalue weighted by molar-refractivity contribution is 5.87. The molecule has 1 aromatic heterocycles. The number of rotatable bonds is 5. The van der Waals surface area contributed by atoms with Crippen LogP contribution in [0.4, 0.5) is 13.2 Å². The summed E-state index contributed by atoms with van der Waals surface area (Å²) in [6.07, 6.45) is 2.94. The lowest BCUT2D eigenvalue weighted by Crippen LogP contribution is -2.48. The number of ether oxygens (including phenoxy) is 1. The predicted octanol–water partition coefficient (Wildman–Crippen LogP) is 5.98. The Morgan fingerprint density at radius 1 is 1.24 bits per heavy atom. The molecule has 4 nitrogen and oxygen atoms in total. The molecular formula is C26H26F3NO3. The maximum atomic E-state index is 15.4. The van der Waals surface area contributed by atoms with E-state index in [1.807, 2.05) is 31.2 Å². The SMILES string of the molecule is COC(=O)/C=C/c1cc(F)c([C@H]2c3oc4ccccc4c3C[C@H](C)N2CC(C)(C)F)c(F)c1. The number of para-hydroxylation sites is 1. The van der Waals surface area contributed by atoms with Crippen molar-refractivity contribution in [2.24, 2.45) is 0 Å². The number of esters is 1. The Bertz CT molecular complexity index is 1200. The lowest BCUT2D eigenvalue weighted by Gasteiger charge is -2.42. The molecule has 2 atom stereocenters. The van der Waals surface area contributed by atoms with Gasteiger partial charge in [0.15, 0.2) is 0 Å². The summed E-state index contributed by atoms with van der Waals surface area (Å²) in [7, 11) is 1.22. The fraction of sp³-hybridized carbons (Fsp3) is 0.346. The van der Waals surface area contributed by atoms with E-state index in [2.05, 4.69) is 4.74 Å². The molecule has 2 aromatic carbocycles. The molecule has 174 valence electrons. The second-order valence-electron chi connectivity index (χ2n) is 9.04. The van der Waals surface area contributed by atoms with E-state index in [9.17, 15) is 9.18 Å². The normalized spacial score (nSPS) is 19.2. The Labute approximate surface area is 190 Å². The number of hydrogen-bond donors (Lipinski definition) is 0. The van der Waals surface area contributed by atoms with Gasteiger partial charge in [-0.05, 0) is 57.0 Å². The number of carbonyl (C=O) groups excluding carboxylic acids is 1. The smallest absolute Gasteiger partial charge is 0.330 e. The highest BCUT2D eigenvalue weighted by atomic mass is 19.1. The molecule has 3 aromatic rings. The molecule has 0 N–H and O–H groups in total. The van der Waals surface area contributed by atoms with Crippen LogP contribution in [0.15, 0.2) is 46.9 Å². The molecule has 0 bridgehead atoms. The number of furan rings is 1. The molecule has 0 saturated heterocycles. The number of carbonyl (C=O) groups is 1. The highest BCUT2D eigenvalue weighted by Crippen LogP contribution is 2.44. The Balaban J connectivity index is 1.89. The van der Waals surface area contributed by atoms with E-state index >= 15 is 8.78 Å². The van der Waals surface area contributed by atoms with Gasteiger partial charge in [0.2, 0.25) is 0 Å². The van der Waals surface area contributed by atoms with Gasteiger partial charge in [-0.25, -0.2) is 18.0 Å². The van der Waals surface area contributed by atoms with Gasteiger partial charge >= 0.3 is 5.97 Å². The Morgan fingerprint density at radius 3 is 2.55 bits per heavy atom. The lowest BCUT2D eigenvalue weighted by atomic mass is 9.87. The van der Waals surface area contributed by atoms with Crippen molar-refractivity contribution in [1.29, 1.82) is 0 Å². The van der Waals surface area contributed by atoms with E-state index in [0.717, 1.165) is 29.2 Å². The highest BCUT2D eigenvalue weighted by Gasteiger charge is 2.42. The van der Waals surface area contributed by atoms with Crippen LogP contribution in [-0.4, -0.2) is 36.2 Å². The summed E-state index contributed by atoms with van der Waals surface area (Å²) < 4.78 is 56.3. The summed E-state index contributed by atoms with van der Waals surface area (Å²) in [5.41, 5.74) is -0.123. The van der Waals surface area contributed by atoms with Crippen LogP contribution in [0.2, 0.25) is 0 Å². The fourth-order valence-corrected chi connectivity index (χ4v) is 4.54. The average molecular weight is 457 g/mol. The minimum Gasteiger partial charge on any atom is -0.466 e. The van der Waals surface area contributed by atoms with Crippen molar-refractivity contribution in [2.75, 3.05) is 13.7 Å². The molecule has 0 amide bonds. The molecule has 0 aliphatic carbocycles. The van der Waals surface area contributed by atoms with E-state index in [1.165, 1.54) is 27.0 Å². The van der Waals surface area contributed by atoms with E-state index in [-0.39, 0.29) is 23.7 Å². The second-order valence-corrected chi connectivity index (χ2v) is 9.04. The third kappa shape index (κ3) is 4.55. The summed E-state index contributed by atoms with van der Waals surface area (Å²) in [4.78, 5) is 13.1. The minimum atomic E-state index is -1.59. The third-order valence-corrected chi connectivity index (χ3v) is 5.92. The van der Waals surface area contributed by atoms with Crippen LogP contribution < -0.4 is 0 Å². The molecule has 0 saturated carbocycles. The first-order valence-electron chi connectivity index (χ1n) is 10.8. The van der Waals surface area contributed by atoms with Crippen molar-refractivity contribution in [3.05, 3.63) is 76.6 Å². The zero-order valence-electron chi connectivity index (χ0n) is 19.0. The van der Waals surface area contributed by atoms with Crippen molar-refractivity contribution in [3.63, 3.8) is 0 Å². The van der Waals surface area contributed by atoms with Crippen LogP contribution in [0.3, 0.4) is 0 Å². The summed E-state index contributed by atoms with van der Waals surface area (Å²) in [5, 5.41) is 0.891. The molecule has 7 heteroatoms. The van der Waals surface area contributed by atoms with Gasteiger partial charge in [0.05, 0.1) is 7.11 Å². The molecule has 33 heavy (non-hydrogen) atoms. The summed E-state index contributed by atoms with van der Waals surface area (Å²) >= 11 is 0. The molecular weight excluding hydrogens is 431 g/mol. The standard InChI is InChI=1S/C26H26F3NO3/c1-15-11-18-17-7-5-6-8-21(17)33-25(18)24(30(15)14-26(2,3)29)23-19(27)12-16(13-20(23)28)9-10-22(31)32-4/h5-10,12-13,15,24H,11,14H2,1-4H3/b10-9+/t15-,24-/m0/s1. The van der Waals surface area contributed by atoms with Gasteiger partial charge in [0.25, 0.3) is 0 Å². The van der Waals surface area contributed by atoms with Crippen LogP contribution in [-0.2, 0) is 16.0 Å². The Hall–Kier alpha value is -3.06. The van der Waals surface area contributed by atoms with Crippen LogP contribution in [0.1, 0.15) is 49.3 Å². The first-order chi connectivity index (χ1) is 15.6. The van der Waals surface area contributed by atoms with Crippen molar-refractivity contribution in [2.45, 2.75) is 44.9 Å². The van der Waals surface area contributed by atoms with Gasteiger partial charge in [0, 0.05) is 35.2 Å². The number of fused-ring (bicyclic) bond motifs is 3. The average Bonchev–Trinajstić information content (AvgIpc) is 3.10. The van der Waals surface area contributed by atoms with Crippen LogP contribution in [0.5, 0.6) is 0 Å². The molecule has 1 aliphatic rings. The van der Waals surface area contributed by atoms with Gasteiger partial charge in [-0.2, -0.15) is 0 Å².